The van der Waals surface area contributed by atoms with Crippen LogP contribution in [0, 0.1) is 0 Å². The summed E-state index contributed by atoms with van der Waals surface area (Å²) in [5, 5.41) is 0.455. The molecule has 0 saturated heterocycles. The zero-order valence-corrected chi connectivity index (χ0v) is 21.7. The molecule has 1 aromatic rings. The molecule has 0 spiro atoms. The van der Waals surface area contributed by atoms with Crippen LogP contribution in [0.2, 0.25) is 10.0 Å². The van der Waals surface area contributed by atoms with Crippen molar-refractivity contribution in [2.75, 3.05) is 6.61 Å². The van der Waals surface area contributed by atoms with E-state index in [1.165, 1.54) is 102 Å². The summed E-state index contributed by atoms with van der Waals surface area (Å²) in [6.45, 7) is 2.45. The van der Waals surface area contributed by atoms with Crippen molar-refractivity contribution in [2.45, 2.75) is 121 Å². The normalized spacial score (nSPS) is 11.8. The van der Waals surface area contributed by atoms with Crippen LogP contribution in [0.15, 0.2) is 23.1 Å². The summed E-state index contributed by atoms with van der Waals surface area (Å²) >= 11 is 11.8. The molecule has 0 aliphatic heterocycles. The highest BCUT2D eigenvalue weighted by Gasteiger charge is 2.19. The predicted octanol–water partition coefficient (Wildman–Crippen LogP) is 9.35. The molecule has 180 valence electrons. The van der Waals surface area contributed by atoms with E-state index in [4.69, 9.17) is 27.4 Å². The molecule has 0 atom stereocenters. The third-order valence-electron chi connectivity index (χ3n) is 5.65. The molecule has 6 heteroatoms. The average molecular weight is 494 g/mol. The lowest BCUT2D eigenvalue weighted by Gasteiger charge is -2.08. The van der Waals surface area contributed by atoms with Crippen molar-refractivity contribution in [3.05, 3.63) is 28.2 Å². The van der Waals surface area contributed by atoms with Gasteiger partial charge in [-0.15, -0.1) is 0 Å². The Kier molecular flexibility index (Phi) is 16.8. The monoisotopic (exact) mass is 492 g/mol. The molecule has 0 aliphatic rings. The molecule has 1 aromatic carbocycles. The number of benzene rings is 1. The van der Waals surface area contributed by atoms with Crippen molar-refractivity contribution in [2.24, 2.45) is 0 Å². The topological polar surface area (TPSA) is 43.4 Å². The second-order valence-electron chi connectivity index (χ2n) is 8.51. The Morgan fingerprint density at radius 3 is 1.55 bits per heavy atom. The van der Waals surface area contributed by atoms with Crippen molar-refractivity contribution in [3.63, 3.8) is 0 Å². The van der Waals surface area contributed by atoms with Gasteiger partial charge in [-0.25, -0.2) is 0 Å². The fraction of sp³-hybridized carbons (Fsp3) is 0.760. The van der Waals surface area contributed by atoms with Gasteiger partial charge in [0, 0.05) is 5.02 Å². The van der Waals surface area contributed by atoms with Crippen LogP contribution in [-0.4, -0.2) is 15.0 Å². The first-order valence-electron chi connectivity index (χ1n) is 12.3. The van der Waals surface area contributed by atoms with Crippen molar-refractivity contribution in [1.82, 2.24) is 0 Å². The maximum absolute atomic E-state index is 12.2. The summed E-state index contributed by atoms with van der Waals surface area (Å²) < 4.78 is 29.5. The van der Waals surface area contributed by atoms with Crippen molar-refractivity contribution < 1.29 is 12.6 Å². The minimum Gasteiger partial charge on any atom is -0.266 e. The smallest absolute Gasteiger partial charge is 0.266 e. The lowest BCUT2D eigenvalue weighted by molar-refractivity contribution is 0.306. The highest BCUT2D eigenvalue weighted by Crippen LogP contribution is 2.26. The zero-order chi connectivity index (χ0) is 22.8. The first-order valence-corrected chi connectivity index (χ1v) is 14.5. The Labute approximate surface area is 201 Å². The van der Waals surface area contributed by atoms with Gasteiger partial charge in [0.15, 0.2) is 0 Å². The molecule has 0 aromatic heterocycles. The Morgan fingerprint density at radius 2 is 1.10 bits per heavy atom. The van der Waals surface area contributed by atoms with Crippen LogP contribution in [0.3, 0.4) is 0 Å². The van der Waals surface area contributed by atoms with Gasteiger partial charge in [-0.3, -0.25) is 4.18 Å². The van der Waals surface area contributed by atoms with E-state index in [1.54, 1.807) is 6.07 Å². The molecular weight excluding hydrogens is 451 g/mol. The number of hydrogen-bond donors (Lipinski definition) is 0. The summed E-state index contributed by atoms with van der Waals surface area (Å²) in [7, 11) is -3.85. The highest BCUT2D eigenvalue weighted by molar-refractivity contribution is 7.86. The van der Waals surface area contributed by atoms with Gasteiger partial charge in [0.05, 0.1) is 11.6 Å². The summed E-state index contributed by atoms with van der Waals surface area (Å²) in [6, 6.07) is 4.35. The number of halogens is 2. The highest BCUT2D eigenvalue weighted by atomic mass is 35.5. The molecule has 31 heavy (non-hydrogen) atoms. The van der Waals surface area contributed by atoms with Crippen LogP contribution in [0.5, 0.6) is 0 Å². The maximum atomic E-state index is 12.2. The van der Waals surface area contributed by atoms with Gasteiger partial charge in [-0.05, 0) is 24.6 Å². The van der Waals surface area contributed by atoms with Gasteiger partial charge in [-0.2, -0.15) is 8.42 Å². The zero-order valence-electron chi connectivity index (χ0n) is 19.3. The molecule has 0 radical (unpaired) electrons. The van der Waals surface area contributed by atoms with E-state index >= 15 is 0 Å². The Morgan fingerprint density at radius 1 is 0.677 bits per heavy atom. The van der Waals surface area contributed by atoms with E-state index in [0.29, 0.717) is 5.02 Å². The third-order valence-corrected chi connectivity index (χ3v) is 7.68. The molecule has 0 unspecified atom stereocenters. The van der Waals surface area contributed by atoms with Gasteiger partial charge >= 0.3 is 0 Å². The standard InChI is InChI=1S/C25H42Cl2O3S/c1-2-3-4-5-6-7-8-9-10-11-12-13-14-15-16-17-18-21-30-31(28,29)25-22-23(26)19-20-24(25)27/h19-20,22H,2-18,21H2,1H3. The van der Waals surface area contributed by atoms with Crippen molar-refractivity contribution >= 4 is 33.3 Å². The van der Waals surface area contributed by atoms with Crippen LogP contribution in [0.4, 0.5) is 0 Å². The van der Waals surface area contributed by atoms with E-state index in [2.05, 4.69) is 6.92 Å². The van der Waals surface area contributed by atoms with Crippen LogP contribution in [0.25, 0.3) is 0 Å². The van der Waals surface area contributed by atoms with Gasteiger partial charge in [0.2, 0.25) is 0 Å². The van der Waals surface area contributed by atoms with Gasteiger partial charge in [0.1, 0.15) is 4.90 Å². The van der Waals surface area contributed by atoms with E-state index < -0.39 is 10.1 Å². The molecule has 0 saturated carbocycles. The van der Waals surface area contributed by atoms with Crippen LogP contribution in [-0.2, 0) is 14.3 Å². The predicted molar refractivity (Wildman–Crippen MR) is 134 cm³/mol. The second kappa shape index (κ2) is 18.2. The largest absolute Gasteiger partial charge is 0.298 e. The van der Waals surface area contributed by atoms with E-state index in [1.807, 2.05) is 0 Å². The van der Waals surface area contributed by atoms with E-state index in [0.717, 1.165) is 19.3 Å². The first-order chi connectivity index (χ1) is 15.0. The van der Waals surface area contributed by atoms with Crippen LogP contribution in [0.1, 0.15) is 116 Å². The molecular formula is C25H42Cl2O3S. The molecule has 0 amide bonds. The average Bonchev–Trinajstić information content (AvgIpc) is 2.74. The molecule has 1 rings (SSSR count). The molecule has 0 N–H and O–H groups in total. The molecule has 0 heterocycles. The summed E-state index contributed by atoms with van der Waals surface area (Å²) in [6.07, 6.45) is 22.0. The number of unbranched alkanes of at least 4 members (excludes halogenated alkanes) is 16. The number of hydrogen-bond acceptors (Lipinski definition) is 3. The lowest BCUT2D eigenvalue weighted by atomic mass is 10.0. The van der Waals surface area contributed by atoms with E-state index in [9.17, 15) is 8.42 Å². The fourth-order valence-corrected chi connectivity index (χ4v) is 5.41. The van der Waals surface area contributed by atoms with E-state index in [-0.39, 0.29) is 16.5 Å². The molecule has 3 nitrogen and oxygen atoms in total. The Bertz CT molecular complexity index is 677. The summed E-state index contributed by atoms with van der Waals surface area (Å²) in [5.74, 6) is 0. The van der Waals surface area contributed by atoms with Gasteiger partial charge in [0.25, 0.3) is 10.1 Å². The van der Waals surface area contributed by atoms with Crippen molar-refractivity contribution in [3.8, 4) is 0 Å². The second-order valence-corrected chi connectivity index (χ2v) is 10.9. The molecule has 0 bridgehead atoms. The molecule has 0 fully saturated rings. The lowest BCUT2D eigenvalue weighted by Crippen LogP contribution is -2.08. The quantitative estimate of drug-likeness (QED) is 0.134. The van der Waals surface area contributed by atoms with Crippen LogP contribution < -0.4 is 0 Å². The van der Waals surface area contributed by atoms with Gasteiger partial charge in [-0.1, -0.05) is 133 Å². The Balaban J connectivity index is 1.90. The summed E-state index contributed by atoms with van der Waals surface area (Å²) in [4.78, 5) is -0.0614. The third kappa shape index (κ3) is 14.5. The van der Waals surface area contributed by atoms with Gasteiger partial charge < -0.3 is 0 Å². The SMILES string of the molecule is CCCCCCCCCCCCCCCCCCCOS(=O)(=O)c1cc(Cl)ccc1Cl. The fourth-order valence-electron chi connectivity index (χ4n) is 3.73. The molecule has 0 aliphatic carbocycles. The minimum atomic E-state index is -3.85. The number of rotatable bonds is 20. The first kappa shape index (κ1) is 28.7. The maximum Gasteiger partial charge on any atom is 0.298 e. The van der Waals surface area contributed by atoms with Crippen molar-refractivity contribution in [1.29, 1.82) is 0 Å². The summed E-state index contributed by atoms with van der Waals surface area (Å²) in [5.41, 5.74) is 0. The Hall–Kier alpha value is -0.290. The minimum absolute atomic E-state index is 0.0614. The van der Waals surface area contributed by atoms with Crippen LogP contribution >= 0.6 is 23.2 Å².